The first-order valence-corrected chi connectivity index (χ1v) is 4.51. The van der Waals surface area contributed by atoms with Gasteiger partial charge in [-0.15, -0.1) is 0 Å². The lowest BCUT2D eigenvalue weighted by molar-refractivity contribution is -0.119. The Kier molecular flexibility index (Phi) is 3.04. The lowest BCUT2D eigenvalue weighted by Gasteiger charge is -2.13. The average molecular weight is 168 g/mol. The van der Waals surface area contributed by atoms with Gasteiger partial charge in [-0.3, -0.25) is 4.79 Å². The third kappa shape index (κ3) is 2.18. The highest BCUT2D eigenvalue weighted by molar-refractivity contribution is 5.94. The van der Waals surface area contributed by atoms with Gasteiger partial charge in [0, 0.05) is 0 Å². The lowest BCUT2D eigenvalue weighted by Crippen LogP contribution is -2.20. The summed E-state index contributed by atoms with van der Waals surface area (Å²) >= 11 is 0. The maximum absolute atomic E-state index is 11.2. The Morgan fingerprint density at radius 3 is 2.67 bits per heavy atom. The third-order valence-electron chi connectivity index (χ3n) is 2.29. The predicted molar refractivity (Wildman–Crippen MR) is 47.7 cm³/mol. The number of carbonyl (C=O) groups excluding carboxylic acids is 1. The van der Waals surface area contributed by atoms with E-state index >= 15 is 0 Å². The monoisotopic (exact) mass is 168 g/mol. The van der Waals surface area contributed by atoms with Crippen LogP contribution in [0.2, 0.25) is 0 Å². The highest BCUT2D eigenvalue weighted by Crippen LogP contribution is 2.22. The molecule has 0 spiro atoms. The van der Waals surface area contributed by atoms with Gasteiger partial charge in [-0.1, -0.05) is 26.3 Å². The molecular weight excluding hydrogens is 152 g/mol. The molecule has 0 amide bonds. The van der Waals surface area contributed by atoms with Crippen LogP contribution in [0.15, 0.2) is 12.2 Å². The van der Waals surface area contributed by atoms with E-state index in [0.717, 1.165) is 12.8 Å². The van der Waals surface area contributed by atoms with Gasteiger partial charge >= 0.3 is 0 Å². The lowest BCUT2D eigenvalue weighted by atomic mass is 9.94. The molecule has 2 unspecified atom stereocenters. The van der Waals surface area contributed by atoms with E-state index in [1.165, 1.54) is 6.08 Å². The maximum atomic E-state index is 11.2. The van der Waals surface area contributed by atoms with Gasteiger partial charge in [-0.05, 0) is 18.4 Å². The molecule has 0 aliphatic heterocycles. The first-order valence-electron chi connectivity index (χ1n) is 4.51. The number of carbonyl (C=O) groups is 1. The number of ketones is 1. The maximum Gasteiger partial charge on any atom is 0.161 e. The van der Waals surface area contributed by atoms with Crippen molar-refractivity contribution in [1.29, 1.82) is 0 Å². The first-order chi connectivity index (χ1) is 5.61. The predicted octanol–water partition coefficient (Wildman–Crippen LogP) is 1.54. The SMILES string of the molecule is CC(C)CCC1C(=O)C=CC1O. The highest BCUT2D eigenvalue weighted by atomic mass is 16.3. The van der Waals surface area contributed by atoms with Gasteiger partial charge in [0.15, 0.2) is 5.78 Å². The number of allylic oxidation sites excluding steroid dienone is 1. The molecule has 0 aromatic carbocycles. The highest BCUT2D eigenvalue weighted by Gasteiger charge is 2.27. The molecule has 0 radical (unpaired) electrons. The molecule has 0 heterocycles. The van der Waals surface area contributed by atoms with Crippen molar-refractivity contribution in [3.05, 3.63) is 12.2 Å². The number of hydrogen-bond donors (Lipinski definition) is 1. The van der Waals surface area contributed by atoms with E-state index in [-0.39, 0.29) is 11.7 Å². The zero-order chi connectivity index (χ0) is 9.14. The summed E-state index contributed by atoms with van der Waals surface area (Å²) in [4.78, 5) is 11.2. The molecule has 68 valence electrons. The van der Waals surface area contributed by atoms with Crippen LogP contribution in [0.3, 0.4) is 0 Å². The van der Waals surface area contributed by atoms with E-state index in [1.807, 2.05) is 0 Å². The van der Waals surface area contributed by atoms with E-state index in [4.69, 9.17) is 0 Å². The van der Waals surface area contributed by atoms with Gasteiger partial charge in [0.2, 0.25) is 0 Å². The van der Waals surface area contributed by atoms with E-state index in [0.29, 0.717) is 5.92 Å². The van der Waals surface area contributed by atoms with Crippen LogP contribution in [0.4, 0.5) is 0 Å². The molecule has 1 rings (SSSR count). The van der Waals surface area contributed by atoms with Crippen molar-refractivity contribution in [2.75, 3.05) is 0 Å². The van der Waals surface area contributed by atoms with Crippen molar-refractivity contribution in [2.24, 2.45) is 11.8 Å². The summed E-state index contributed by atoms with van der Waals surface area (Å²) in [5.41, 5.74) is 0. The number of aliphatic hydroxyl groups excluding tert-OH is 1. The van der Waals surface area contributed by atoms with Crippen LogP contribution in [0, 0.1) is 11.8 Å². The Bertz CT molecular complexity index is 194. The molecule has 0 saturated carbocycles. The fourth-order valence-corrected chi connectivity index (χ4v) is 1.45. The summed E-state index contributed by atoms with van der Waals surface area (Å²) < 4.78 is 0. The Morgan fingerprint density at radius 2 is 2.25 bits per heavy atom. The van der Waals surface area contributed by atoms with E-state index in [2.05, 4.69) is 13.8 Å². The van der Waals surface area contributed by atoms with Crippen LogP contribution in [0.25, 0.3) is 0 Å². The van der Waals surface area contributed by atoms with Crippen LogP contribution >= 0.6 is 0 Å². The number of hydrogen-bond acceptors (Lipinski definition) is 2. The number of rotatable bonds is 3. The van der Waals surface area contributed by atoms with E-state index in [9.17, 15) is 9.90 Å². The third-order valence-corrected chi connectivity index (χ3v) is 2.29. The smallest absolute Gasteiger partial charge is 0.161 e. The van der Waals surface area contributed by atoms with Crippen LogP contribution in [-0.4, -0.2) is 17.0 Å². The zero-order valence-electron chi connectivity index (χ0n) is 7.66. The number of aliphatic hydroxyl groups is 1. The normalized spacial score (nSPS) is 28.8. The Morgan fingerprint density at radius 1 is 1.58 bits per heavy atom. The first kappa shape index (κ1) is 9.46. The molecule has 0 aromatic heterocycles. The second kappa shape index (κ2) is 3.85. The van der Waals surface area contributed by atoms with Gasteiger partial charge in [-0.25, -0.2) is 0 Å². The topological polar surface area (TPSA) is 37.3 Å². The van der Waals surface area contributed by atoms with Gasteiger partial charge in [-0.2, -0.15) is 0 Å². The minimum absolute atomic E-state index is 0.0863. The Labute approximate surface area is 73.3 Å². The van der Waals surface area contributed by atoms with Crippen LogP contribution in [0.5, 0.6) is 0 Å². The molecule has 1 N–H and O–H groups in total. The Hall–Kier alpha value is -0.630. The second-order valence-electron chi connectivity index (χ2n) is 3.83. The zero-order valence-corrected chi connectivity index (χ0v) is 7.66. The summed E-state index contributed by atoms with van der Waals surface area (Å²) in [7, 11) is 0. The molecule has 1 aliphatic rings. The summed E-state index contributed by atoms with van der Waals surface area (Å²) in [6, 6.07) is 0. The quantitative estimate of drug-likeness (QED) is 0.694. The van der Waals surface area contributed by atoms with Crippen molar-refractivity contribution in [3.8, 4) is 0 Å². The minimum Gasteiger partial charge on any atom is -0.388 e. The van der Waals surface area contributed by atoms with Crippen molar-refractivity contribution >= 4 is 5.78 Å². The largest absolute Gasteiger partial charge is 0.388 e. The van der Waals surface area contributed by atoms with E-state index in [1.54, 1.807) is 6.08 Å². The minimum atomic E-state index is -0.531. The van der Waals surface area contributed by atoms with Crippen molar-refractivity contribution in [1.82, 2.24) is 0 Å². The molecule has 1 aliphatic carbocycles. The van der Waals surface area contributed by atoms with Crippen molar-refractivity contribution < 1.29 is 9.90 Å². The molecule has 2 nitrogen and oxygen atoms in total. The van der Waals surface area contributed by atoms with Gasteiger partial charge in [0.25, 0.3) is 0 Å². The standard InChI is InChI=1S/C10H16O2/c1-7(2)3-4-8-9(11)5-6-10(8)12/h5-9,11H,3-4H2,1-2H3. The van der Waals surface area contributed by atoms with Crippen LogP contribution in [-0.2, 0) is 4.79 Å². The summed E-state index contributed by atoms with van der Waals surface area (Å²) in [6.07, 6.45) is 4.37. The van der Waals surface area contributed by atoms with Crippen LogP contribution in [0.1, 0.15) is 26.7 Å². The van der Waals surface area contributed by atoms with Crippen molar-refractivity contribution in [2.45, 2.75) is 32.8 Å². The molecule has 12 heavy (non-hydrogen) atoms. The Balaban J connectivity index is 2.37. The molecule has 2 heteroatoms. The molecule has 0 fully saturated rings. The fourth-order valence-electron chi connectivity index (χ4n) is 1.45. The summed E-state index contributed by atoms with van der Waals surface area (Å²) in [5, 5.41) is 9.36. The summed E-state index contributed by atoms with van der Waals surface area (Å²) in [5.74, 6) is 0.529. The van der Waals surface area contributed by atoms with Gasteiger partial charge in [0.05, 0.1) is 12.0 Å². The molecule has 2 atom stereocenters. The van der Waals surface area contributed by atoms with E-state index < -0.39 is 6.10 Å². The second-order valence-corrected chi connectivity index (χ2v) is 3.83. The molecular formula is C10H16O2. The fraction of sp³-hybridized carbons (Fsp3) is 0.700. The van der Waals surface area contributed by atoms with Crippen LogP contribution < -0.4 is 0 Å². The van der Waals surface area contributed by atoms with Crippen molar-refractivity contribution in [3.63, 3.8) is 0 Å². The molecule has 0 saturated heterocycles. The molecule has 0 bridgehead atoms. The average Bonchev–Trinajstić information content (AvgIpc) is 2.28. The summed E-state index contributed by atoms with van der Waals surface area (Å²) in [6.45, 7) is 4.25. The molecule has 0 aromatic rings. The van der Waals surface area contributed by atoms with Gasteiger partial charge in [0.1, 0.15) is 0 Å². The van der Waals surface area contributed by atoms with Gasteiger partial charge < -0.3 is 5.11 Å².